The van der Waals surface area contributed by atoms with Crippen LogP contribution in [-0.2, 0) is 19.1 Å². The van der Waals surface area contributed by atoms with E-state index < -0.39 is 0 Å². The fraction of sp³-hybridized carbons (Fsp3) is 0.900. The van der Waals surface area contributed by atoms with Crippen molar-refractivity contribution in [2.75, 3.05) is 6.61 Å². The van der Waals surface area contributed by atoms with Crippen LogP contribution < -0.4 is 0 Å². The van der Waals surface area contributed by atoms with Gasteiger partial charge >= 0.3 is 11.9 Å². The molecule has 0 aliphatic heterocycles. The van der Waals surface area contributed by atoms with E-state index >= 15 is 0 Å². The van der Waals surface area contributed by atoms with Gasteiger partial charge < -0.3 is 9.47 Å². The first-order chi connectivity index (χ1) is 11.7. The summed E-state index contributed by atoms with van der Waals surface area (Å²) in [7, 11) is 0. The van der Waals surface area contributed by atoms with Crippen LogP contribution in [0.4, 0.5) is 0 Å². The Bertz CT molecular complexity index is 333. The van der Waals surface area contributed by atoms with E-state index in [-0.39, 0.29) is 30.9 Å². The van der Waals surface area contributed by atoms with Crippen molar-refractivity contribution >= 4 is 11.9 Å². The first-order valence-electron chi connectivity index (χ1n) is 10.1. The maximum absolute atomic E-state index is 11.8. The second-order valence-corrected chi connectivity index (χ2v) is 6.95. The summed E-state index contributed by atoms with van der Waals surface area (Å²) >= 11 is 0. The molecule has 1 fully saturated rings. The van der Waals surface area contributed by atoms with E-state index in [1.807, 2.05) is 0 Å². The third-order valence-corrected chi connectivity index (χ3v) is 4.64. The Morgan fingerprint density at radius 3 is 2.04 bits per heavy atom. The molecule has 0 aromatic carbocycles. The molecule has 1 saturated carbocycles. The topological polar surface area (TPSA) is 52.6 Å². The molecular formula is C20H36O4. The van der Waals surface area contributed by atoms with Gasteiger partial charge in [0.25, 0.3) is 0 Å². The van der Waals surface area contributed by atoms with Crippen molar-refractivity contribution in [1.29, 1.82) is 0 Å². The molecule has 4 nitrogen and oxygen atoms in total. The molecule has 0 radical (unpaired) electrons. The van der Waals surface area contributed by atoms with E-state index in [4.69, 9.17) is 9.47 Å². The lowest BCUT2D eigenvalue weighted by atomic mass is 10.1. The lowest BCUT2D eigenvalue weighted by molar-refractivity contribution is -0.154. The Balaban J connectivity index is 1.95. The van der Waals surface area contributed by atoms with E-state index in [9.17, 15) is 9.59 Å². The number of carbonyl (C=O) groups is 2. The molecule has 4 heteroatoms. The summed E-state index contributed by atoms with van der Waals surface area (Å²) in [4.78, 5) is 23.4. The molecule has 0 aromatic heterocycles. The SMILES string of the molecule is CCCCCCCCCOC(=O)CCC(=O)OC1CCCCCC1. The summed E-state index contributed by atoms with van der Waals surface area (Å²) < 4.78 is 10.6. The molecule has 0 atom stereocenters. The molecule has 0 unspecified atom stereocenters. The first-order valence-corrected chi connectivity index (χ1v) is 10.1. The third-order valence-electron chi connectivity index (χ3n) is 4.64. The average molecular weight is 341 g/mol. The largest absolute Gasteiger partial charge is 0.466 e. The minimum Gasteiger partial charge on any atom is -0.466 e. The van der Waals surface area contributed by atoms with Crippen LogP contribution in [0.3, 0.4) is 0 Å². The Morgan fingerprint density at radius 2 is 1.38 bits per heavy atom. The van der Waals surface area contributed by atoms with Gasteiger partial charge in [-0.05, 0) is 32.1 Å². The molecular weight excluding hydrogens is 304 g/mol. The van der Waals surface area contributed by atoms with Crippen LogP contribution >= 0.6 is 0 Å². The number of rotatable bonds is 12. The number of ether oxygens (including phenoxy) is 2. The standard InChI is InChI=1S/C20H36O4/c1-2-3-4-5-6-9-12-17-23-19(21)15-16-20(22)24-18-13-10-7-8-11-14-18/h18H,2-17H2,1H3. The van der Waals surface area contributed by atoms with E-state index in [1.165, 1.54) is 44.9 Å². The average Bonchev–Trinajstić information content (AvgIpc) is 2.84. The Labute approximate surface area is 147 Å². The molecule has 140 valence electrons. The van der Waals surface area contributed by atoms with Crippen LogP contribution in [0.1, 0.15) is 103 Å². The van der Waals surface area contributed by atoms with Crippen LogP contribution in [0, 0.1) is 0 Å². The second-order valence-electron chi connectivity index (χ2n) is 6.95. The van der Waals surface area contributed by atoms with Crippen molar-refractivity contribution in [2.24, 2.45) is 0 Å². The van der Waals surface area contributed by atoms with Gasteiger partial charge in [0.15, 0.2) is 0 Å². The number of hydrogen-bond donors (Lipinski definition) is 0. The minimum absolute atomic E-state index is 0.0590. The fourth-order valence-electron chi connectivity index (χ4n) is 3.13. The first kappa shape index (κ1) is 21.0. The number of unbranched alkanes of at least 4 members (excludes halogenated alkanes) is 6. The van der Waals surface area contributed by atoms with Crippen LogP contribution in [0.15, 0.2) is 0 Å². The number of esters is 2. The number of carbonyl (C=O) groups excluding carboxylic acids is 2. The molecule has 0 bridgehead atoms. The highest BCUT2D eigenvalue weighted by Crippen LogP contribution is 2.20. The van der Waals surface area contributed by atoms with Crippen LogP contribution in [-0.4, -0.2) is 24.6 Å². The third kappa shape index (κ3) is 11.5. The summed E-state index contributed by atoms with van der Waals surface area (Å²) in [5.74, 6) is -0.534. The van der Waals surface area contributed by atoms with Gasteiger partial charge in [-0.2, -0.15) is 0 Å². The normalized spacial score (nSPS) is 15.7. The Kier molecular flexibility index (Phi) is 12.5. The van der Waals surface area contributed by atoms with E-state index in [1.54, 1.807) is 0 Å². The van der Waals surface area contributed by atoms with Crippen LogP contribution in [0.2, 0.25) is 0 Å². The van der Waals surface area contributed by atoms with Gasteiger partial charge in [-0.15, -0.1) is 0 Å². The summed E-state index contributed by atoms with van der Waals surface area (Å²) in [6.45, 7) is 2.69. The predicted molar refractivity (Wildman–Crippen MR) is 95.8 cm³/mol. The fourth-order valence-corrected chi connectivity index (χ4v) is 3.13. The molecule has 0 saturated heterocycles. The molecule has 0 spiro atoms. The van der Waals surface area contributed by atoms with Crippen molar-refractivity contribution in [3.8, 4) is 0 Å². The monoisotopic (exact) mass is 340 g/mol. The van der Waals surface area contributed by atoms with Crippen LogP contribution in [0.25, 0.3) is 0 Å². The molecule has 0 amide bonds. The quantitative estimate of drug-likeness (QED) is 0.274. The molecule has 1 aliphatic carbocycles. The number of hydrogen-bond acceptors (Lipinski definition) is 4. The lowest BCUT2D eigenvalue weighted by Crippen LogP contribution is -2.18. The maximum Gasteiger partial charge on any atom is 0.306 e. The highest BCUT2D eigenvalue weighted by atomic mass is 16.5. The van der Waals surface area contributed by atoms with Crippen molar-refractivity contribution in [1.82, 2.24) is 0 Å². The van der Waals surface area contributed by atoms with Gasteiger partial charge in [-0.1, -0.05) is 58.3 Å². The van der Waals surface area contributed by atoms with Gasteiger partial charge in [0.1, 0.15) is 6.10 Å². The van der Waals surface area contributed by atoms with E-state index in [0.29, 0.717) is 6.61 Å². The summed E-state index contributed by atoms with van der Waals surface area (Å²) in [5.41, 5.74) is 0. The van der Waals surface area contributed by atoms with Gasteiger partial charge in [0, 0.05) is 0 Å². The Hall–Kier alpha value is -1.06. The Morgan fingerprint density at radius 1 is 0.792 bits per heavy atom. The van der Waals surface area contributed by atoms with Gasteiger partial charge in [-0.3, -0.25) is 9.59 Å². The zero-order chi connectivity index (χ0) is 17.5. The van der Waals surface area contributed by atoms with Crippen molar-refractivity contribution in [3.05, 3.63) is 0 Å². The molecule has 0 aromatic rings. The predicted octanol–water partition coefficient (Wildman–Crippen LogP) is 5.33. The van der Waals surface area contributed by atoms with Crippen molar-refractivity contribution in [3.63, 3.8) is 0 Å². The minimum atomic E-state index is -0.279. The zero-order valence-corrected chi connectivity index (χ0v) is 15.5. The summed E-state index contributed by atoms with van der Waals surface area (Å²) in [5, 5.41) is 0. The molecule has 0 heterocycles. The highest BCUT2D eigenvalue weighted by Gasteiger charge is 2.17. The molecule has 24 heavy (non-hydrogen) atoms. The molecule has 1 rings (SSSR count). The summed E-state index contributed by atoms with van der Waals surface area (Å²) in [6, 6.07) is 0. The maximum atomic E-state index is 11.8. The van der Waals surface area contributed by atoms with Crippen LogP contribution in [0.5, 0.6) is 0 Å². The zero-order valence-electron chi connectivity index (χ0n) is 15.5. The second kappa shape index (κ2) is 14.3. The van der Waals surface area contributed by atoms with E-state index in [0.717, 1.165) is 38.5 Å². The summed E-state index contributed by atoms with van der Waals surface area (Å²) in [6.07, 6.45) is 15.4. The van der Waals surface area contributed by atoms with Crippen molar-refractivity contribution < 1.29 is 19.1 Å². The smallest absolute Gasteiger partial charge is 0.306 e. The van der Waals surface area contributed by atoms with Gasteiger partial charge in [-0.25, -0.2) is 0 Å². The van der Waals surface area contributed by atoms with E-state index in [2.05, 4.69) is 6.92 Å². The van der Waals surface area contributed by atoms with Gasteiger partial charge in [0.2, 0.25) is 0 Å². The molecule has 0 N–H and O–H groups in total. The van der Waals surface area contributed by atoms with Gasteiger partial charge in [0.05, 0.1) is 19.4 Å². The molecule has 1 aliphatic rings. The van der Waals surface area contributed by atoms with Crippen molar-refractivity contribution in [2.45, 2.75) is 109 Å². The lowest BCUT2D eigenvalue weighted by Gasteiger charge is -2.15. The highest BCUT2D eigenvalue weighted by molar-refractivity contribution is 5.77.